The normalized spacial score (nSPS) is 13.3. The van der Waals surface area contributed by atoms with Crippen LogP contribution in [-0.4, -0.2) is 0 Å². The molecule has 0 unspecified atom stereocenters. The predicted molar refractivity (Wildman–Crippen MR) is 195 cm³/mol. The van der Waals surface area contributed by atoms with Gasteiger partial charge in [0.1, 0.15) is 0 Å². The van der Waals surface area contributed by atoms with E-state index in [4.69, 9.17) is 0 Å². The second-order valence-corrected chi connectivity index (χ2v) is 13.7. The number of nitrogens with zero attached hydrogens (tertiary/aromatic N) is 1. The summed E-state index contributed by atoms with van der Waals surface area (Å²) < 4.78 is 2.69. The molecule has 1 nitrogen and oxygen atoms in total. The van der Waals surface area contributed by atoms with Crippen molar-refractivity contribution in [1.82, 2.24) is 0 Å². The van der Waals surface area contributed by atoms with Crippen LogP contribution in [0.25, 0.3) is 53.2 Å². The van der Waals surface area contributed by atoms with Gasteiger partial charge in [-0.2, -0.15) is 0 Å². The third-order valence-corrected chi connectivity index (χ3v) is 10.8. The minimum atomic E-state index is -0.0500. The van der Waals surface area contributed by atoms with Crippen molar-refractivity contribution in [2.75, 3.05) is 4.90 Å². The highest BCUT2D eigenvalue weighted by atomic mass is 32.1. The van der Waals surface area contributed by atoms with Crippen LogP contribution in [0.15, 0.2) is 152 Å². The Bertz CT molecular complexity index is 2400. The molecular weight excluding hydrogens is 563 g/mol. The molecule has 0 N–H and O–H groups in total. The zero-order valence-corrected chi connectivity index (χ0v) is 26.1. The molecule has 0 fully saturated rings. The predicted octanol–water partition coefficient (Wildman–Crippen LogP) is 12.7. The molecule has 45 heavy (non-hydrogen) atoms. The lowest BCUT2D eigenvalue weighted by Gasteiger charge is -2.28. The van der Waals surface area contributed by atoms with E-state index in [-0.39, 0.29) is 5.41 Å². The zero-order valence-electron chi connectivity index (χ0n) is 25.3. The van der Waals surface area contributed by atoms with Gasteiger partial charge in [0.2, 0.25) is 0 Å². The summed E-state index contributed by atoms with van der Waals surface area (Å²) in [7, 11) is 0. The summed E-state index contributed by atoms with van der Waals surface area (Å²) in [4.78, 5) is 2.38. The van der Waals surface area contributed by atoms with Gasteiger partial charge in [0.05, 0.1) is 0 Å². The monoisotopic (exact) mass is 593 g/mol. The molecule has 0 bridgehead atoms. The van der Waals surface area contributed by atoms with Gasteiger partial charge in [-0.1, -0.05) is 105 Å². The highest BCUT2D eigenvalue weighted by molar-refractivity contribution is 7.25. The summed E-state index contributed by atoms with van der Waals surface area (Å²) in [5.41, 5.74) is 11.3. The molecule has 0 radical (unpaired) electrons. The number of rotatable bonds is 4. The van der Waals surface area contributed by atoms with Crippen LogP contribution in [-0.2, 0) is 5.41 Å². The van der Waals surface area contributed by atoms with E-state index in [1.165, 1.54) is 70.0 Å². The second kappa shape index (κ2) is 9.92. The highest BCUT2D eigenvalue weighted by Gasteiger charge is 2.35. The second-order valence-electron chi connectivity index (χ2n) is 12.6. The van der Waals surface area contributed by atoms with Gasteiger partial charge in [-0.05, 0) is 105 Å². The summed E-state index contributed by atoms with van der Waals surface area (Å²) in [6, 6.07) is 55.9. The summed E-state index contributed by atoms with van der Waals surface area (Å²) in [6.07, 6.45) is 0. The Kier molecular flexibility index (Phi) is 5.78. The van der Waals surface area contributed by atoms with Gasteiger partial charge in [-0.15, -0.1) is 11.3 Å². The maximum atomic E-state index is 2.40. The number of para-hydroxylation sites is 1. The van der Waals surface area contributed by atoms with Gasteiger partial charge in [0.25, 0.3) is 0 Å². The van der Waals surface area contributed by atoms with Crippen LogP contribution < -0.4 is 4.90 Å². The highest BCUT2D eigenvalue weighted by Crippen LogP contribution is 2.50. The molecule has 8 aromatic rings. The van der Waals surface area contributed by atoms with Gasteiger partial charge in [0.15, 0.2) is 0 Å². The van der Waals surface area contributed by atoms with Gasteiger partial charge < -0.3 is 4.90 Å². The maximum Gasteiger partial charge on any atom is 0.0465 e. The topological polar surface area (TPSA) is 3.24 Å². The third-order valence-electron chi connectivity index (χ3n) is 9.63. The summed E-state index contributed by atoms with van der Waals surface area (Å²) in [5, 5.41) is 5.25. The first-order valence-corrected chi connectivity index (χ1v) is 16.4. The number of thiophene rings is 1. The summed E-state index contributed by atoms with van der Waals surface area (Å²) in [6.45, 7) is 4.69. The Morgan fingerprint density at radius 2 is 1.13 bits per heavy atom. The molecule has 214 valence electrons. The molecule has 0 atom stereocenters. The number of hydrogen-bond acceptors (Lipinski definition) is 2. The van der Waals surface area contributed by atoms with E-state index in [1.54, 1.807) is 0 Å². The van der Waals surface area contributed by atoms with E-state index in [0.717, 1.165) is 11.4 Å². The zero-order chi connectivity index (χ0) is 30.1. The third kappa shape index (κ3) is 4.13. The minimum Gasteiger partial charge on any atom is -0.310 e. The van der Waals surface area contributed by atoms with Crippen molar-refractivity contribution in [3.05, 3.63) is 163 Å². The van der Waals surface area contributed by atoms with Crippen LogP contribution in [0.1, 0.15) is 25.0 Å². The molecule has 0 amide bonds. The van der Waals surface area contributed by atoms with E-state index in [9.17, 15) is 0 Å². The molecule has 1 aromatic heterocycles. The van der Waals surface area contributed by atoms with Crippen molar-refractivity contribution >= 4 is 59.3 Å². The molecule has 7 aromatic carbocycles. The van der Waals surface area contributed by atoms with Gasteiger partial charge in [-0.3, -0.25) is 0 Å². The molecule has 1 aliphatic rings. The lowest BCUT2D eigenvalue weighted by Crippen LogP contribution is -2.16. The Hall–Kier alpha value is -5.18. The molecule has 1 aliphatic carbocycles. The molecule has 0 aliphatic heterocycles. The van der Waals surface area contributed by atoms with Crippen LogP contribution in [0.5, 0.6) is 0 Å². The molecule has 2 heteroatoms. The Labute approximate surface area is 267 Å². The number of hydrogen-bond donors (Lipinski definition) is 0. The fraction of sp³-hybridized carbons (Fsp3) is 0.0698. The fourth-order valence-electron chi connectivity index (χ4n) is 7.31. The van der Waals surface area contributed by atoms with Gasteiger partial charge >= 0.3 is 0 Å². The summed E-state index contributed by atoms with van der Waals surface area (Å²) in [5.74, 6) is 0. The van der Waals surface area contributed by atoms with Gasteiger partial charge in [0, 0.05) is 42.6 Å². The minimum absolute atomic E-state index is 0.0500. The standard InChI is InChI=1S/C43H31NS/c1-43(2)39-14-8-6-12-35(39)36-23-22-34(27-40(36)43)44(32-10-4-3-5-11-32)33-20-18-28(19-21-33)29-16-17-30-25-38-37-13-7-9-15-41(37)45-42(38)26-31(30)24-29/h3-27H,1-2H3. The first-order chi connectivity index (χ1) is 22.0. The van der Waals surface area contributed by atoms with E-state index in [0.29, 0.717) is 0 Å². The quantitative estimate of drug-likeness (QED) is 0.196. The Morgan fingerprint density at radius 1 is 0.444 bits per heavy atom. The number of fused-ring (bicyclic) bond motifs is 7. The molecule has 0 spiro atoms. The molecule has 9 rings (SSSR count). The lowest BCUT2D eigenvalue weighted by atomic mass is 9.82. The van der Waals surface area contributed by atoms with Crippen LogP contribution in [0, 0.1) is 0 Å². The van der Waals surface area contributed by atoms with Crippen LogP contribution in [0.3, 0.4) is 0 Å². The molecule has 0 saturated heterocycles. The Morgan fingerprint density at radius 3 is 2.00 bits per heavy atom. The van der Waals surface area contributed by atoms with Crippen LogP contribution in [0.4, 0.5) is 17.1 Å². The average Bonchev–Trinajstić information content (AvgIpc) is 3.55. The SMILES string of the molecule is CC1(C)c2ccccc2-c2ccc(N(c3ccccc3)c3ccc(-c4ccc5cc6c(cc5c4)sc4ccccc46)cc3)cc21. The number of anilines is 3. The smallest absolute Gasteiger partial charge is 0.0465 e. The van der Waals surface area contributed by atoms with E-state index in [1.807, 2.05) is 11.3 Å². The summed E-state index contributed by atoms with van der Waals surface area (Å²) >= 11 is 1.88. The van der Waals surface area contributed by atoms with Gasteiger partial charge in [-0.25, -0.2) is 0 Å². The van der Waals surface area contributed by atoms with Crippen molar-refractivity contribution < 1.29 is 0 Å². The first kappa shape index (κ1) is 26.2. The van der Waals surface area contributed by atoms with E-state index >= 15 is 0 Å². The fourth-order valence-corrected chi connectivity index (χ4v) is 8.44. The van der Waals surface area contributed by atoms with Crippen molar-refractivity contribution in [2.24, 2.45) is 0 Å². The van der Waals surface area contributed by atoms with Crippen molar-refractivity contribution in [1.29, 1.82) is 0 Å². The molecule has 0 saturated carbocycles. The maximum absolute atomic E-state index is 2.40. The van der Waals surface area contributed by atoms with E-state index < -0.39 is 0 Å². The largest absolute Gasteiger partial charge is 0.310 e. The van der Waals surface area contributed by atoms with E-state index in [2.05, 4.69) is 170 Å². The van der Waals surface area contributed by atoms with Crippen molar-refractivity contribution in [3.63, 3.8) is 0 Å². The number of benzene rings is 7. The average molecular weight is 594 g/mol. The van der Waals surface area contributed by atoms with Crippen molar-refractivity contribution in [3.8, 4) is 22.3 Å². The van der Waals surface area contributed by atoms with Crippen LogP contribution in [0.2, 0.25) is 0 Å². The van der Waals surface area contributed by atoms with Crippen molar-refractivity contribution in [2.45, 2.75) is 19.3 Å². The molecule has 1 heterocycles. The molecular formula is C43H31NS. The first-order valence-electron chi connectivity index (χ1n) is 15.6. The Balaban J connectivity index is 1.11. The van der Waals surface area contributed by atoms with Crippen LogP contribution >= 0.6 is 11.3 Å². The lowest BCUT2D eigenvalue weighted by molar-refractivity contribution is 0.660.